The molecule has 0 saturated heterocycles. The highest BCUT2D eigenvalue weighted by Crippen LogP contribution is 2.28. The fraction of sp³-hybridized carbons (Fsp3) is 0.0833. The first-order chi connectivity index (χ1) is 7.36. The predicted octanol–water partition coefficient (Wildman–Crippen LogP) is 2.76. The minimum Gasteiger partial charge on any atom is -0.304 e. The van der Waals surface area contributed by atoms with E-state index in [-0.39, 0.29) is 0 Å². The van der Waals surface area contributed by atoms with Crippen LogP contribution in [0.25, 0.3) is 10.9 Å². The van der Waals surface area contributed by atoms with Crippen LogP contribution in [0, 0.1) is 6.92 Å². The van der Waals surface area contributed by atoms with Crippen LogP contribution in [0.1, 0.15) is 5.56 Å². The number of rotatable bonds is 1. The van der Waals surface area contributed by atoms with E-state index in [1.54, 1.807) is 6.21 Å². The lowest BCUT2D eigenvalue weighted by Gasteiger charge is -1.92. The quantitative estimate of drug-likeness (QED) is 0.682. The molecule has 2 heterocycles. The summed E-state index contributed by atoms with van der Waals surface area (Å²) >= 11 is 0. The average molecular weight is 197 g/mol. The van der Waals surface area contributed by atoms with Gasteiger partial charge in [-0.05, 0) is 18.1 Å². The molecule has 1 aromatic heterocycles. The van der Waals surface area contributed by atoms with Crippen LogP contribution in [0.4, 0.5) is 5.82 Å². The number of hydrogen-bond acceptors (Lipinski definition) is 2. The van der Waals surface area contributed by atoms with Crippen molar-refractivity contribution in [1.29, 1.82) is 0 Å². The lowest BCUT2D eigenvalue weighted by molar-refractivity contribution is 0.732. The van der Waals surface area contributed by atoms with Crippen molar-refractivity contribution in [2.24, 2.45) is 5.10 Å². The van der Waals surface area contributed by atoms with Gasteiger partial charge in [0.2, 0.25) is 0 Å². The number of H-pyrrole nitrogens is 1. The molecule has 3 rings (SSSR count). The molecule has 1 aromatic carbocycles. The second kappa shape index (κ2) is 3.07. The molecule has 15 heavy (non-hydrogen) atoms. The molecular weight excluding hydrogens is 186 g/mol. The highest BCUT2D eigenvalue weighted by molar-refractivity contribution is 5.88. The average Bonchev–Trinajstić information content (AvgIpc) is 2.87. The molecule has 1 aliphatic rings. The zero-order valence-electron chi connectivity index (χ0n) is 8.44. The van der Waals surface area contributed by atoms with Crippen molar-refractivity contribution in [1.82, 2.24) is 9.99 Å². The maximum absolute atomic E-state index is 4.23. The van der Waals surface area contributed by atoms with Crippen LogP contribution in [0.2, 0.25) is 0 Å². The van der Waals surface area contributed by atoms with Crippen LogP contribution >= 0.6 is 0 Å². The monoisotopic (exact) mass is 197 g/mol. The third-order valence-electron chi connectivity index (χ3n) is 2.67. The molecule has 3 heteroatoms. The number of allylic oxidation sites excluding steroid dienone is 1. The van der Waals surface area contributed by atoms with Crippen LogP contribution in [0.5, 0.6) is 0 Å². The van der Waals surface area contributed by atoms with Crippen molar-refractivity contribution in [3.8, 4) is 0 Å². The van der Waals surface area contributed by atoms with Crippen LogP contribution in [0.3, 0.4) is 0 Å². The smallest absolute Gasteiger partial charge is 0.294 e. The van der Waals surface area contributed by atoms with Crippen LogP contribution in [-0.4, -0.2) is 11.2 Å². The van der Waals surface area contributed by atoms with E-state index >= 15 is 0 Å². The molecular formula is C12H11N3+. The second-order valence-electron chi connectivity index (χ2n) is 3.59. The van der Waals surface area contributed by atoms with E-state index in [0.29, 0.717) is 0 Å². The number of aromatic amines is 1. The molecule has 0 bridgehead atoms. The first-order valence-corrected chi connectivity index (χ1v) is 4.93. The Morgan fingerprint density at radius 1 is 1.27 bits per heavy atom. The van der Waals surface area contributed by atoms with Crippen molar-refractivity contribution < 1.29 is 0 Å². The highest BCUT2D eigenvalue weighted by Gasteiger charge is 2.24. The van der Waals surface area contributed by atoms with Crippen molar-refractivity contribution in [2.75, 3.05) is 0 Å². The summed E-state index contributed by atoms with van der Waals surface area (Å²) in [6.07, 6.45) is 5.65. The number of para-hydroxylation sites is 1. The van der Waals surface area contributed by atoms with Crippen LogP contribution < -0.4 is 5.01 Å². The van der Waals surface area contributed by atoms with Gasteiger partial charge in [0, 0.05) is 17.0 Å². The Morgan fingerprint density at radius 2 is 2.13 bits per heavy atom. The van der Waals surface area contributed by atoms with Gasteiger partial charge in [0.1, 0.15) is 0 Å². The molecule has 3 nitrogen and oxygen atoms in total. The van der Waals surface area contributed by atoms with E-state index in [4.69, 9.17) is 0 Å². The number of nitrogens with one attached hydrogen (secondary N) is 1. The lowest BCUT2D eigenvalue weighted by atomic mass is 10.2. The molecule has 0 saturated carbocycles. The predicted molar refractivity (Wildman–Crippen MR) is 62.5 cm³/mol. The number of benzene rings is 1. The van der Waals surface area contributed by atoms with E-state index < -0.39 is 0 Å². The van der Waals surface area contributed by atoms with Gasteiger partial charge >= 0.3 is 0 Å². The van der Waals surface area contributed by atoms with Crippen molar-refractivity contribution in [3.63, 3.8) is 0 Å². The molecule has 1 N–H and O–H groups in total. The number of anilines is 1. The van der Waals surface area contributed by atoms with Gasteiger partial charge < -0.3 is 4.98 Å². The fourth-order valence-corrected chi connectivity index (χ4v) is 1.90. The van der Waals surface area contributed by atoms with E-state index in [9.17, 15) is 0 Å². The number of hydrogen-bond donors (Lipinski definition) is 1. The molecule has 0 atom stereocenters. The first-order valence-electron chi connectivity index (χ1n) is 4.93. The Morgan fingerprint density at radius 3 is 2.87 bits per heavy atom. The Labute approximate surface area is 87.7 Å². The van der Waals surface area contributed by atoms with Crippen molar-refractivity contribution >= 4 is 22.9 Å². The van der Waals surface area contributed by atoms with E-state index in [1.165, 1.54) is 10.9 Å². The lowest BCUT2D eigenvalue weighted by Crippen LogP contribution is -2.06. The third kappa shape index (κ3) is 1.21. The second-order valence-corrected chi connectivity index (χ2v) is 3.59. The topological polar surface area (TPSA) is 34.0 Å². The molecule has 0 spiro atoms. The SMILES string of the molecule is Cc1c([N+]2C=CC=N2)[nH]c2ccccc12. The molecule has 0 unspecified atom stereocenters. The zero-order chi connectivity index (χ0) is 10.3. The van der Waals surface area contributed by atoms with Gasteiger partial charge in [-0.25, -0.2) is 0 Å². The minimum absolute atomic E-state index is 1.04. The Balaban J connectivity index is 2.23. The number of aryl methyl sites for hydroxylation is 1. The van der Waals surface area contributed by atoms with Crippen molar-refractivity contribution in [2.45, 2.75) is 6.92 Å². The Kier molecular flexibility index (Phi) is 1.73. The van der Waals surface area contributed by atoms with Gasteiger partial charge in [-0.3, -0.25) is 0 Å². The standard InChI is InChI=1S/C12H11N3/c1-9-10-5-2-3-6-11(10)14-12(9)15-8-4-7-13-15/h2-8,14H,1H3/q+1. The van der Waals surface area contributed by atoms with Crippen LogP contribution in [0.15, 0.2) is 41.6 Å². The molecule has 73 valence electrons. The summed E-state index contributed by atoms with van der Waals surface area (Å²) in [4.78, 5) is 3.37. The maximum atomic E-state index is 4.23. The molecule has 0 aliphatic carbocycles. The molecule has 1 radical (unpaired) electrons. The Hall–Kier alpha value is -1.87. The fourth-order valence-electron chi connectivity index (χ4n) is 1.90. The molecule has 1 aliphatic heterocycles. The summed E-state index contributed by atoms with van der Waals surface area (Å²) < 4.78 is 0. The molecule has 0 fully saturated rings. The highest BCUT2D eigenvalue weighted by atomic mass is 15.5. The third-order valence-corrected chi connectivity index (χ3v) is 2.67. The van der Waals surface area contributed by atoms with Gasteiger partial charge in [0.05, 0.1) is 16.7 Å². The van der Waals surface area contributed by atoms with Crippen LogP contribution in [-0.2, 0) is 0 Å². The Bertz CT molecular complexity index is 551. The maximum Gasteiger partial charge on any atom is 0.294 e. The summed E-state index contributed by atoms with van der Waals surface area (Å²) in [6, 6.07) is 8.28. The summed E-state index contributed by atoms with van der Waals surface area (Å²) in [7, 11) is 0. The van der Waals surface area contributed by atoms with E-state index in [0.717, 1.165) is 11.3 Å². The summed E-state index contributed by atoms with van der Waals surface area (Å²) in [5.74, 6) is 1.04. The van der Waals surface area contributed by atoms with Gasteiger partial charge in [-0.15, -0.1) is 0 Å². The van der Waals surface area contributed by atoms with Gasteiger partial charge in [-0.2, -0.15) is 0 Å². The van der Waals surface area contributed by atoms with Gasteiger partial charge in [0.25, 0.3) is 5.82 Å². The van der Waals surface area contributed by atoms with E-state index in [1.807, 2.05) is 23.4 Å². The largest absolute Gasteiger partial charge is 0.304 e. The number of hydrazone groups is 1. The summed E-state index contributed by atoms with van der Waals surface area (Å²) in [5.41, 5.74) is 2.38. The number of nitrogens with zero attached hydrogens (tertiary/aromatic N) is 2. The van der Waals surface area contributed by atoms with Gasteiger partial charge in [0.15, 0.2) is 6.20 Å². The molecule has 0 amide bonds. The first kappa shape index (κ1) is 8.44. The van der Waals surface area contributed by atoms with Crippen molar-refractivity contribution in [3.05, 3.63) is 42.1 Å². The minimum atomic E-state index is 1.04. The van der Waals surface area contributed by atoms with E-state index in [2.05, 4.69) is 35.2 Å². The normalized spacial score (nSPS) is 15.5. The number of fused-ring (bicyclic) bond motifs is 1. The summed E-state index contributed by atoms with van der Waals surface area (Å²) in [5, 5.41) is 7.34. The molecule has 2 aromatic rings. The number of aromatic nitrogens is 1. The summed E-state index contributed by atoms with van der Waals surface area (Å²) in [6.45, 7) is 2.11. The van der Waals surface area contributed by atoms with Gasteiger partial charge in [-0.1, -0.05) is 18.2 Å². The zero-order valence-corrected chi connectivity index (χ0v) is 8.44.